The highest BCUT2D eigenvalue weighted by atomic mass is 16.7. The third kappa shape index (κ3) is 46.7. The average molecular weight is 1100 g/mol. The summed E-state index contributed by atoms with van der Waals surface area (Å²) in [4.78, 5) is 13.1. The van der Waals surface area contributed by atoms with Crippen molar-refractivity contribution in [1.82, 2.24) is 5.32 Å². The first-order valence-electron chi connectivity index (χ1n) is 33.9. The SMILES string of the molecule is CCCCCCC/C=C\C/C=C\C/C=C\CCCCCCCCCCCCCCCCCCCCCCCCCCC(=O)NC(COC1OC(CO)C(O)C(O)C1O)C(O)/C=C/CCCCCCCCCCCCCCCC. The topological polar surface area (TPSA) is 149 Å². The van der Waals surface area contributed by atoms with E-state index < -0.39 is 49.5 Å². The van der Waals surface area contributed by atoms with Gasteiger partial charge in [-0.1, -0.05) is 313 Å². The molecule has 0 aromatic carbocycles. The first kappa shape index (κ1) is 74.2. The van der Waals surface area contributed by atoms with Gasteiger partial charge in [0, 0.05) is 6.42 Å². The van der Waals surface area contributed by atoms with Gasteiger partial charge in [-0.15, -0.1) is 0 Å². The zero-order chi connectivity index (χ0) is 56.5. The lowest BCUT2D eigenvalue weighted by Crippen LogP contribution is -2.60. The summed E-state index contributed by atoms with van der Waals surface area (Å²) in [6, 6.07) is -0.804. The van der Waals surface area contributed by atoms with Crippen LogP contribution in [0, 0.1) is 0 Å². The third-order valence-electron chi connectivity index (χ3n) is 16.1. The van der Waals surface area contributed by atoms with Crippen LogP contribution in [0.2, 0.25) is 0 Å². The molecule has 0 spiro atoms. The number of hydrogen-bond donors (Lipinski definition) is 6. The summed E-state index contributed by atoms with van der Waals surface area (Å²) >= 11 is 0. The Morgan fingerprint density at radius 1 is 0.436 bits per heavy atom. The summed E-state index contributed by atoms with van der Waals surface area (Å²) in [6.07, 6.45) is 72.2. The fourth-order valence-electron chi connectivity index (χ4n) is 10.8. The Balaban J connectivity index is 2.05. The van der Waals surface area contributed by atoms with Crippen molar-refractivity contribution in [1.29, 1.82) is 0 Å². The molecule has 1 aliphatic heterocycles. The molecule has 0 aromatic heterocycles. The van der Waals surface area contributed by atoms with Gasteiger partial charge in [-0.25, -0.2) is 0 Å². The number of ether oxygens (including phenoxy) is 2. The van der Waals surface area contributed by atoms with Gasteiger partial charge in [-0.2, -0.15) is 0 Å². The third-order valence-corrected chi connectivity index (χ3v) is 16.1. The second-order valence-corrected chi connectivity index (χ2v) is 23.6. The zero-order valence-corrected chi connectivity index (χ0v) is 51.2. The van der Waals surface area contributed by atoms with Crippen LogP contribution in [0.4, 0.5) is 0 Å². The molecular weight excluding hydrogens is 971 g/mol. The Bertz CT molecular complexity index is 1370. The van der Waals surface area contributed by atoms with E-state index in [9.17, 15) is 30.3 Å². The van der Waals surface area contributed by atoms with Crippen molar-refractivity contribution in [3.63, 3.8) is 0 Å². The van der Waals surface area contributed by atoms with E-state index in [1.165, 1.54) is 257 Å². The minimum Gasteiger partial charge on any atom is -0.394 e. The van der Waals surface area contributed by atoms with E-state index in [0.717, 1.165) is 51.4 Å². The molecule has 9 heteroatoms. The molecule has 0 aliphatic carbocycles. The summed E-state index contributed by atoms with van der Waals surface area (Å²) in [6.45, 7) is 3.80. The quantitative estimate of drug-likeness (QED) is 0.0261. The van der Waals surface area contributed by atoms with Gasteiger partial charge in [0.2, 0.25) is 5.91 Å². The first-order chi connectivity index (χ1) is 38.3. The molecule has 1 amide bonds. The van der Waals surface area contributed by atoms with Crippen molar-refractivity contribution in [2.45, 2.75) is 371 Å². The molecule has 0 saturated carbocycles. The van der Waals surface area contributed by atoms with Crippen molar-refractivity contribution in [2.75, 3.05) is 13.2 Å². The number of carbonyl (C=O) groups excluding carboxylic acids is 1. The van der Waals surface area contributed by atoms with E-state index in [4.69, 9.17) is 9.47 Å². The van der Waals surface area contributed by atoms with E-state index in [-0.39, 0.29) is 12.5 Å². The van der Waals surface area contributed by atoms with E-state index in [2.05, 4.69) is 55.6 Å². The van der Waals surface area contributed by atoms with Crippen molar-refractivity contribution in [3.8, 4) is 0 Å². The second kappa shape index (κ2) is 58.4. The van der Waals surface area contributed by atoms with Crippen LogP contribution in [0.5, 0.6) is 0 Å². The summed E-state index contributed by atoms with van der Waals surface area (Å²) in [5, 5.41) is 54.6. The number of aliphatic hydroxyl groups is 5. The number of hydrogen-bond acceptors (Lipinski definition) is 8. The fraction of sp³-hybridized carbons (Fsp3) is 0.870. The van der Waals surface area contributed by atoms with Crippen molar-refractivity contribution < 1.29 is 39.8 Å². The van der Waals surface area contributed by atoms with Gasteiger partial charge in [0.05, 0.1) is 25.4 Å². The lowest BCUT2D eigenvalue weighted by atomic mass is 9.99. The molecule has 6 N–H and O–H groups in total. The average Bonchev–Trinajstić information content (AvgIpc) is 3.45. The van der Waals surface area contributed by atoms with Gasteiger partial charge in [-0.05, 0) is 57.8 Å². The summed E-state index contributed by atoms with van der Waals surface area (Å²) < 4.78 is 11.3. The minimum atomic E-state index is -1.57. The predicted molar refractivity (Wildman–Crippen MR) is 332 cm³/mol. The van der Waals surface area contributed by atoms with Gasteiger partial charge in [0.25, 0.3) is 0 Å². The van der Waals surface area contributed by atoms with Crippen molar-refractivity contribution in [3.05, 3.63) is 48.6 Å². The monoisotopic (exact) mass is 1100 g/mol. The highest BCUT2D eigenvalue weighted by Gasteiger charge is 2.44. The predicted octanol–water partition coefficient (Wildman–Crippen LogP) is 18.0. The van der Waals surface area contributed by atoms with Crippen LogP contribution in [0.1, 0.15) is 328 Å². The summed E-state index contributed by atoms with van der Waals surface area (Å²) in [5.74, 6) is -0.171. The van der Waals surface area contributed by atoms with Crippen LogP contribution in [0.15, 0.2) is 48.6 Å². The number of aliphatic hydroxyl groups excluding tert-OH is 5. The van der Waals surface area contributed by atoms with Gasteiger partial charge in [-0.3, -0.25) is 4.79 Å². The molecular formula is C69H129NO8. The van der Waals surface area contributed by atoms with Crippen LogP contribution in [-0.4, -0.2) is 87.5 Å². The van der Waals surface area contributed by atoms with Crippen LogP contribution in [0.3, 0.4) is 0 Å². The second-order valence-electron chi connectivity index (χ2n) is 23.6. The van der Waals surface area contributed by atoms with Crippen molar-refractivity contribution in [2.24, 2.45) is 0 Å². The van der Waals surface area contributed by atoms with Crippen molar-refractivity contribution >= 4 is 5.91 Å². The largest absolute Gasteiger partial charge is 0.394 e. The van der Waals surface area contributed by atoms with E-state index >= 15 is 0 Å². The number of rotatable bonds is 59. The van der Waals surface area contributed by atoms with Crippen LogP contribution in [0.25, 0.3) is 0 Å². The summed E-state index contributed by atoms with van der Waals surface area (Å²) in [5.41, 5.74) is 0. The fourth-order valence-corrected chi connectivity index (χ4v) is 10.8. The first-order valence-corrected chi connectivity index (χ1v) is 33.9. The van der Waals surface area contributed by atoms with Gasteiger partial charge in [0.15, 0.2) is 6.29 Å². The Kier molecular flexibility index (Phi) is 55.5. The molecule has 7 unspecified atom stereocenters. The molecule has 458 valence electrons. The molecule has 1 aliphatic rings. The summed E-state index contributed by atoms with van der Waals surface area (Å²) in [7, 11) is 0. The lowest BCUT2D eigenvalue weighted by Gasteiger charge is -2.40. The Labute approximate surface area is 482 Å². The van der Waals surface area contributed by atoms with E-state index in [1.807, 2.05) is 6.08 Å². The highest BCUT2D eigenvalue weighted by molar-refractivity contribution is 5.76. The van der Waals surface area contributed by atoms with Crippen LogP contribution >= 0.6 is 0 Å². The molecule has 1 saturated heterocycles. The van der Waals surface area contributed by atoms with Crippen LogP contribution < -0.4 is 5.32 Å². The molecule has 0 aromatic rings. The molecule has 7 atom stereocenters. The molecule has 1 rings (SSSR count). The lowest BCUT2D eigenvalue weighted by molar-refractivity contribution is -0.302. The molecule has 0 radical (unpaired) electrons. The molecule has 1 fully saturated rings. The number of nitrogens with one attached hydrogen (secondary N) is 1. The Morgan fingerprint density at radius 3 is 1.12 bits per heavy atom. The van der Waals surface area contributed by atoms with Gasteiger partial charge >= 0.3 is 0 Å². The number of amides is 1. The van der Waals surface area contributed by atoms with Gasteiger partial charge < -0.3 is 40.3 Å². The molecule has 78 heavy (non-hydrogen) atoms. The number of unbranched alkanes of at least 4 members (excludes halogenated alkanes) is 43. The Hall–Kier alpha value is -1.85. The van der Waals surface area contributed by atoms with Crippen LogP contribution in [-0.2, 0) is 14.3 Å². The maximum atomic E-state index is 13.1. The molecule has 9 nitrogen and oxygen atoms in total. The maximum absolute atomic E-state index is 13.1. The highest BCUT2D eigenvalue weighted by Crippen LogP contribution is 2.23. The minimum absolute atomic E-state index is 0.171. The maximum Gasteiger partial charge on any atom is 0.220 e. The van der Waals surface area contributed by atoms with Gasteiger partial charge in [0.1, 0.15) is 24.4 Å². The Morgan fingerprint density at radius 2 is 0.756 bits per heavy atom. The zero-order valence-electron chi connectivity index (χ0n) is 51.2. The molecule has 1 heterocycles. The van der Waals surface area contributed by atoms with E-state index in [1.54, 1.807) is 6.08 Å². The standard InChI is InChI=1S/C69H129NO8/c1-3-5-7-9-11-13-15-17-19-21-22-23-24-25-26-27-28-29-30-31-32-33-34-35-36-37-38-39-40-41-42-43-45-47-49-51-53-55-57-59-65(73)70-62(61-77-69-68(76)67(75)66(74)64(60-71)78-69)63(72)58-56-54-52-50-48-46-44-20-18-16-14-12-10-8-6-4-2/h15,17,21-22,24-25,56,58,62-64,66-69,71-72,74-76H,3-14,16,18-20,23,26-55,57,59-61H2,1-2H3,(H,70,73)/b17-15-,22-21-,25-24-,58-56+. The normalized spacial score (nSPS) is 18.9. The number of carbonyl (C=O) groups is 1. The number of allylic oxidation sites excluding steroid dienone is 7. The smallest absolute Gasteiger partial charge is 0.220 e. The van der Waals surface area contributed by atoms with E-state index in [0.29, 0.717) is 6.42 Å². The molecule has 0 bridgehead atoms.